The quantitative estimate of drug-likeness (QED) is 0.913. The molecule has 1 aromatic heterocycles. The lowest BCUT2D eigenvalue weighted by molar-refractivity contribution is 0.0686. The Kier molecular flexibility index (Phi) is 3.84. The van der Waals surface area contributed by atoms with Crippen LogP contribution in [0.1, 0.15) is 23.0 Å². The molecule has 0 aliphatic carbocycles. The highest BCUT2D eigenvalue weighted by Gasteiger charge is 2.15. The van der Waals surface area contributed by atoms with Crippen molar-refractivity contribution in [3.63, 3.8) is 0 Å². The summed E-state index contributed by atoms with van der Waals surface area (Å²) in [6.07, 6.45) is 1.98. The van der Waals surface area contributed by atoms with Crippen LogP contribution in [0.3, 0.4) is 0 Å². The van der Waals surface area contributed by atoms with Gasteiger partial charge < -0.3 is 9.84 Å². The highest BCUT2D eigenvalue weighted by molar-refractivity contribution is 5.85. The van der Waals surface area contributed by atoms with Crippen molar-refractivity contribution in [1.29, 1.82) is 0 Å². The van der Waals surface area contributed by atoms with Crippen LogP contribution < -0.4 is 10.2 Å². The summed E-state index contributed by atoms with van der Waals surface area (Å²) < 4.78 is 6.50. The molecule has 0 atom stereocenters. The molecular weight excluding hydrogens is 260 g/mol. The third-order valence-electron chi connectivity index (χ3n) is 2.89. The van der Waals surface area contributed by atoms with Gasteiger partial charge in [-0.05, 0) is 18.6 Å². The zero-order valence-corrected chi connectivity index (χ0v) is 11.2. The highest BCUT2D eigenvalue weighted by Crippen LogP contribution is 2.15. The van der Waals surface area contributed by atoms with Gasteiger partial charge in [-0.15, -0.1) is 0 Å². The highest BCUT2D eigenvalue weighted by atomic mass is 16.5. The average Bonchev–Trinajstić information content (AvgIpc) is 2.47. The van der Waals surface area contributed by atoms with Crippen molar-refractivity contribution in [3.05, 3.63) is 51.9 Å². The van der Waals surface area contributed by atoms with Crippen molar-refractivity contribution in [2.75, 3.05) is 7.11 Å². The Morgan fingerprint density at radius 2 is 2.20 bits per heavy atom. The first-order chi connectivity index (χ1) is 9.56. The molecule has 2 rings (SSSR count). The number of aromatic nitrogens is 2. The molecule has 20 heavy (non-hydrogen) atoms. The fraction of sp³-hybridized carbons (Fsp3) is 0.214. The van der Waals surface area contributed by atoms with Crippen LogP contribution in [0.2, 0.25) is 0 Å². The van der Waals surface area contributed by atoms with Crippen LogP contribution in [0, 0.1) is 0 Å². The minimum Gasteiger partial charge on any atom is -0.497 e. The molecule has 0 saturated heterocycles. The maximum atomic E-state index is 11.9. The smallest absolute Gasteiger partial charge is 0.360 e. The number of aromatic carboxylic acids is 1. The van der Waals surface area contributed by atoms with Gasteiger partial charge in [-0.1, -0.05) is 13.0 Å². The summed E-state index contributed by atoms with van der Waals surface area (Å²) in [5.41, 5.74) is 0.00749. The molecule has 2 aromatic rings. The molecule has 0 spiro atoms. The van der Waals surface area contributed by atoms with Crippen LogP contribution in [0.25, 0.3) is 5.69 Å². The second-order valence-electron chi connectivity index (χ2n) is 4.14. The van der Waals surface area contributed by atoms with Gasteiger partial charge in [-0.2, -0.15) is 5.10 Å². The van der Waals surface area contributed by atoms with Gasteiger partial charge in [-0.25, -0.2) is 9.48 Å². The van der Waals surface area contributed by atoms with Gasteiger partial charge in [0.15, 0.2) is 0 Å². The van der Waals surface area contributed by atoms with Crippen molar-refractivity contribution in [1.82, 2.24) is 9.78 Å². The van der Waals surface area contributed by atoms with E-state index < -0.39 is 17.1 Å². The van der Waals surface area contributed by atoms with E-state index in [0.717, 1.165) is 0 Å². The number of carboxylic acids is 1. The molecular formula is C14H14N2O4. The summed E-state index contributed by atoms with van der Waals surface area (Å²) in [5.74, 6) is -0.708. The molecule has 104 valence electrons. The molecule has 0 unspecified atom stereocenters. The molecule has 0 radical (unpaired) electrons. The number of ether oxygens (including phenoxy) is 1. The summed E-state index contributed by atoms with van der Waals surface area (Å²) in [6.45, 7) is 1.79. The number of carboxylic acid groups (broad SMARTS) is 1. The Morgan fingerprint density at radius 1 is 1.45 bits per heavy atom. The fourth-order valence-corrected chi connectivity index (χ4v) is 1.82. The molecule has 0 bridgehead atoms. The number of nitrogens with zero attached hydrogens (tertiary/aromatic N) is 2. The summed E-state index contributed by atoms with van der Waals surface area (Å²) in [6, 6.07) is 7.00. The monoisotopic (exact) mass is 274 g/mol. The second-order valence-corrected chi connectivity index (χ2v) is 4.14. The molecule has 1 N–H and O–H groups in total. The number of benzene rings is 1. The van der Waals surface area contributed by atoms with Gasteiger partial charge in [0.25, 0.3) is 0 Å². The topological polar surface area (TPSA) is 81.4 Å². The van der Waals surface area contributed by atoms with Crippen LogP contribution in [-0.2, 0) is 6.42 Å². The number of hydrogen-bond acceptors (Lipinski definition) is 4. The van der Waals surface area contributed by atoms with Crippen molar-refractivity contribution < 1.29 is 14.6 Å². The van der Waals surface area contributed by atoms with Crippen molar-refractivity contribution in [3.8, 4) is 11.4 Å². The van der Waals surface area contributed by atoms with Crippen LogP contribution in [0.15, 0.2) is 35.3 Å². The van der Waals surface area contributed by atoms with Gasteiger partial charge in [0, 0.05) is 17.8 Å². The van der Waals surface area contributed by atoms with Gasteiger partial charge in [-0.3, -0.25) is 4.79 Å². The number of methoxy groups -OCH3 is 1. The van der Waals surface area contributed by atoms with E-state index in [4.69, 9.17) is 9.84 Å². The second kappa shape index (κ2) is 5.56. The van der Waals surface area contributed by atoms with E-state index in [1.54, 1.807) is 37.4 Å². The van der Waals surface area contributed by atoms with Gasteiger partial charge in [0.05, 0.1) is 12.8 Å². The number of aryl methyl sites for hydroxylation is 1. The lowest BCUT2D eigenvalue weighted by atomic mass is 10.2. The molecule has 1 heterocycles. The molecule has 0 aliphatic heterocycles. The van der Waals surface area contributed by atoms with Crippen molar-refractivity contribution >= 4 is 5.97 Å². The molecule has 6 heteroatoms. The molecule has 0 fully saturated rings. The number of rotatable bonds is 4. The van der Waals surface area contributed by atoms with Crippen LogP contribution in [0.4, 0.5) is 0 Å². The maximum absolute atomic E-state index is 11.9. The Labute approximate surface area is 115 Å². The predicted molar refractivity (Wildman–Crippen MR) is 72.7 cm³/mol. The fourth-order valence-electron chi connectivity index (χ4n) is 1.82. The first-order valence-corrected chi connectivity index (χ1v) is 6.07. The van der Waals surface area contributed by atoms with Gasteiger partial charge in [0.1, 0.15) is 5.75 Å². The first kappa shape index (κ1) is 13.8. The Hall–Kier alpha value is -2.63. The molecule has 6 nitrogen and oxygen atoms in total. The van der Waals surface area contributed by atoms with E-state index in [-0.39, 0.29) is 0 Å². The van der Waals surface area contributed by atoms with E-state index in [2.05, 4.69) is 5.10 Å². The van der Waals surface area contributed by atoms with E-state index in [0.29, 0.717) is 23.4 Å². The van der Waals surface area contributed by atoms with Gasteiger partial charge in [0.2, 0.25) is 11.1 Å². The van der Waals surface area contributed by atoms with Crippen LogP contribution in [-0.4, -0.2) is 28.0 Å². The Bertz CT molecular complexity index is 707. The first-order valence-electron chi connectivity index (χ1n) is 6.07. The maximum Gasteiger partial charge on any atom is 0.360 e. The lowest BCUT2D eigenvalue weighted by Crippen LogP contribution is -2.24. The zero-order chi connectivity index (χ0) is 14.7. The number of carbonyl (C=O) groups is 1. The minimum absolute atomic E-state index is 0.403. The predicted octanol–water partition coefficient (Wildman–Crippen LogP) is 1.50. The number of hydrogen-bond donors (Lipinski definition) is 1. The van der Waals surface area contributed by atoms with E-state index >= 15 is 0 Å². The van der Waals surface area contributed by atoms with Crippen LogP contribution in [0.5, 0.6) is 5.75 Å². The SMILES string of the molecule is CCc1cn(-c2cccc(OC)c2)nc(C(=O)O)c1=O. The molecule has 0 amide bonds. The Morgan fingerprint density at radius 3 is 2.80 bits per heavy atom. The molecule has 1 aromatic carbocycles. The summed E-state index contributed by atoms with van der Waals surface area (Å²) in [7, 11) is 1.54. The van der Waals surface area contributed by atoms with Crippen LogP contribution >= 0.6 is 0 Å². The van der Waals surface area contributed by atoms with E-state index in [9.17, 15) is 9.59 Å². The summed E-state index contributed by atoms with van der Waals surface area (Å²) in [4.78, 5) is 23.0. The van der Waals surface area contributed by atoms with E-state index in [1.165, 1.54) is 11.8 Å². The largest absolute Gasteiger partial charge is 0.497 e. The van der Waals surface area contributed by atoms with Crippen molar-refractivity contribution in [2.45, 2.75) is 13.3 Å². The average molecular weight is 274 g/mol. The third-order valence-corrected chi connectivity index (χ3v) is 2.89. The lowest BCUT2D eigenvalue weighted by Gasteiger charge is -2.09. The Balaban J connectivity index is 2.64. The zero-order valence-electron chi connectivity index (χ0n) is 11.2. The standard InChI is InChI=1S/C14H14N2O4/c1-3-9-8-16(15-12(13(9)17)14(18)19)10-5-4-6-11(7-10)20-2/h4-8H,3H2,1-2H3,(H,18,19). The third kappa shape index (κ3) is 2.54. The van der Waals surface area contributed by atoms with Crippen molar-refractivity contribution in [2.24, 2.45) is 0 Å². The normalized spacial score (nSPS) is 10.3. The summed E-state index contributed by atoms with van der Waals surface area (Å²) in [5, 5.41) is 12.9. The van der Waals surface area contributed by atoms with Gasteiger partial charge >= 0.3 is 5.97 Å². The minimum atomic E-state index is -1.33. The molecule has 0 saturated carbocycles. The molecule has 0 aliphatic rings. The van der Waals surface area contributed by atoms with E-state index in [1.807, 2.05) is 0 Å². The summed E-state index contributed by atoms with van der Waals surface area (Å²) >= 11 is 0.